The fourth-order valence-corrected chi connectivity index (χ4v) is 4.69. The van der Waals surface area contributed by atoms with Gasteiger partial charge in [-0.15, -0.1) is 0 Å². The molecule has 0 aliphatic heterocycles. The molecule has 0 aromatic heterocycles. The number of hydrogen-bond donors (Lipinski definition) is 1. The van der Waals surface area contributed by atoms with E-state index >= 15 is 0 Å². The second kappa shape index (κ2) is 11.0. The van der Waals surface area contributed by atoms with Crippen LogP contribution >= 0.6 is 23.2 Å². The summed E-state index contributed by atoms with van der Waals surface area (Å²) in [5.74, 6) is -0.179. The first-order chi connectivity index (χ1) is 14.9. The van der Waals surface area contributed by atoms with E-state index in [9.17, 15) is 9.59 Å². The molecule has 0 heterocycles. The average molecular weight is 461 g/mol. The van der Waals surface area contributed by atoms with Gasteiger partial charge in [-0.25, -0.2) is 0 Å². The lowest BCUT2D eigenvalue weighted by atomic mass is 10.0. The standard InChI is InChI=1S/C25H30Cl2N2O2/c1-3-23(25(31)28-21-9-4-5-10-21)29(16-19-11-12-20(26)15-22(19)27)24(30)14-18-8-6-7-17(2)13-18/h6-8,11-13,15,21,23H,3-5,9-10,14,16H2,1-2H3,(H,28,31)/t23-/m1/s1. The molecule has 0 saturated heterocycles. The van der Waals surface area contributed by atoms with Crippen molar-refractivity contribution in [1.29, 1.82) is 0 Å². The van der Waals surface area contributed by atoms with E-state index in [4.69, 9.17) is 23.2 Å². The minimum atomic E-state index is -0.551. The number of carbonyl (C=O) groups is 2. The number of rotatable bonds is 8. The predicted octanol–water partition coefficient (Wildman–Crippen LogP) is 5.71. The Morgan fingerprint density at radius 3 is 2.52 bits per heavy atom. The second-order valence-electron chi connectivity index (χ2n) is 8.34. The van der Waals surface area contributed by atoms with Crippen LogP contribution in [0, 0.1) is 6.92 Å². The van der Waals surface area contributed by atoms with Gasteiger partial charge >= 0.3 is 0 Å². The molecule has 0 unspecified atom stereocenters. The van der Waals surface area contributed by atoms with E-state index in [1.165, 1.54) is 0 Å². The Balaban J connectivity index is 1.85. The fraction of sp³-hybridized carbons (Fsp3) is 0.440. The molecular weight excluding hydrogens is 431 g/mol. The molecular formula is C25H30Cl2N2O2. The van der Waals surface area contributed by atoms with Gasteiger partial charge in [0.15, 0.2) is 0 Å². The Hall–Kier alpha value is -2.04. The van der Waals surface area contributed by atoms with Crippen LogP contribution in [0.2, 0.25) is 10.0 Å². The van der Waals surface area contributed by atoms with Gasteiger partial charge in [0.2, 0.25) is 11.8 Å². The Labute approximate surface area is 194 Å². The van der Waals surface area contributed by atoms with Crippen LogP contribution in [0.15, 0.2) is 42.5 Å². The molecule has 1 aliphatic rings. The highest BCUT2D eigenvalue weighted by Crippen LogP contribution is 2.25. The molecule has 2 aromatic rings. The van der Waals surface area contributed by atoms with Gasteiger partial charge < -0.3 is 10.2 Å². The maximum Gasteiger partial charge on any atom is 0.243 e. The summed E-state index contributed by atoms with van der Waals surface area (Å²) in [5.41, 5.74) is 2.81. The molecule has 1 fully saturated rings. The van der Waals surface area contributed by atoms with Gasteiger partial charge in [-0.2, -0.15) is 0 Å². The van der Waals surface area contributed by atoms with Crippen molar-refractivity contribution in [3.8, 4) is 0 Å². The smallest absolute Gasteiger partial charge is 0.243 e. The van der Waals surface area contributed by atoms with E-state index in [1.54, 1.807) is 17.0 Å². The quantitative estimate of drug-likeness (QED) is 0.548. The monoisotopic (exact) mass is 460 g/mol. The number of benzene rings is 2. The summed E-state index contributed by atoms with van der Waals surface area (Å²) in [5, 5.41) is 4.19. The van der Waals surface area contributed by atoms with Crippen molar-refractivity contribution in [3.63, 3.8) is 0 Å². The van der Waals surface area contributed by atoms with Crippen LogP contribution in [0.3, 0.4) is 0 Å². The van der Waals surface area contributed by atoms with E-state index in [1.807, 2.05) is 44.2 Å². The number of aryl methyl sites for hydroxylation is 1. The summed E-state index contributed by atoms with van der Waals surface area (Å²) < 4.78 is 0. The number of hydrogen-bond acceptors (Lipinski definition) is 2. The number of amides is 2. The largest absolute Gasteiger partial charge is 0.352 e. The van der Waals surface area contributed by atoms with Crippen LogP contribution in [-0.2, 0) is 22.6 Å². The van der Waals surface area contributed by atoms with Gasteiger partial charge in [0.25, 0.3) is 0 Å². The zero-order valence-corrected chi connectivity index (χ0v) is 19.7. The number of nitrogens with zero attached hydrogens (tertiary/aromatic N) is 1. The third-order valence-electron chi connectivity index (χ3n) is 5.88. The van der Waals surface area contributed by atoms with Gasteiger partial charge in [-0.3, -0.25) is 9.59 Å². The first-order valence-corrected chi connectivity index (χ1v) is 11.7. The van der Waals surface area contributed by atoms with Crippen LogP contribution in [0.5, 0.6) is 0 Å². The molecule has 0 spiro atoms. The van der Waals surface area contributed by atoms with Gasteiger partial charge in [-0.05, 0) is 49.4 Å². The first kappa shape index (κ1) is 23.6. The predicted molar refractivity (Wildman–Crippen MR) is 126 cm³/mol. The lowest BCUT2D eigenvalue weighted by Gasteiger charge is -2.32. The number of nitrogens with one attached hydrogen (secondary N) is 1. The molecule has 0 radical (unpaired) electrons. The molecule has 0 bridgehead atoms. The summed E-state index contributed by atoms with van der Waals surface area (Å²) in [7, 11) is 0. The minimum absolute atomic E-state index is 0.0860. The molecule has 2 amide bonds. The third-order valence-corrected chi connectivity index (χ3v) is 6.47. The first-order valence-electron chi connectivity index (χ1n) is 11.0. The molecule has 166 valence electrons. The van der Waals surface area contributed by atoms with Gasteiger partial charge in [0.1, 0.15) is 6.04 Å². The third kappa shape index (κ3) is 6.47. The van der Waals surface area contributed by atoms with Crippen LogP contribution in [0.25, 0.3) is 0 Å². The van der Waals surface area contributed by atoms with Crippen molar-refractivity contribution >= 4 is 35.0 Å². The maximum atomic E-state index is 13.4. The molecule has 6 heteroatoms. The van der Waals surface area contributed by atoms with Gasteiger partial charge in [-0.1, -0.05) is 78.9 Å². The van der Waals surface area contributed by atoms with Crippen molar-refractivity contribution in [2.24, 2.45) is 0 Å². The van der Waals surface area contributed by atoms with E-state index in [0.29, 0.717) is 16.5 Å². The highest BCUT2D eigenvalue weighted by Gasteiger charge is 2.31. The molecule has 31 heavy (non-hydrogen) atoms. The lowest BCUT2D eigenvalue weighted by Crippen LogP contribution is -2.51. The topological polar surface area (TPSA) is 49.4 Å². The molecule has 1 N–H and O–H groups in total. The minimum Gasteiger partial charge on any atom is -0.352 e. The van der Waals surface area contributed by atoms with Gasteiger partial charge in [0.05, 0.1) is 6.42 Å². The van der Waals surface area contributed by atoms with E-state index in [-0.39, 0.29) is 30.8 Å². The summed E-state index contributed by atoms with van der Waals surface area (Å²) >= 11 is 12.4. The summed E-state index contributed by atoms with van der Waals surface area (Å²) in [6, 6.07) is 12.8. The summed E-state index contributed by atoms with van der Waals surface area (Å²) in [4.78, 5) is 28.2. The Bertz CT molecular complexity index is 925. The molecule has 1 atom stereocenters. The summed E-state index contributed by atoms with van der Waals surface area (Å²) in [6.45, 7) is 4.20. The Kier molecular flexibility index (Phi) is 8.39. The number of halogens is 2. The molecule has 2 aromatic carbocycles. The fourth-order valence-electron chi connectivity index (χ4n) is 4.22. The zero-order valence-electron chi connectivity index (χ0n) is 18.2. The molecule has 3 rings (SSSR count). The van der Waals surface area contributed by atoms with E-state index in [2.05, 4.69) is 5.32 Å². The van der Waals surface area contributed by atoms with Gasteiger partial charge in [0, 0.05) is 22.6 Å². The van der Waals surface area contributed by atoms with Crippen molar-refractivity contribution in [2.45, 2.75) is 71.0 Å². The van der Waals surface area contributed by atoms with E-state index in [0.717, 1.165) is 42.4 Å². The molecule has 4 nitrogen and oxygen atoms in total. The van der Waals surface area contributed by atoms with Crippen LogP contribution < -0.4 is 5.32 Å². The number of carbonyl (C=O) groups excluding carboxylic acids is 2. The molecule has 1 aliphatic carbocycles. The average Bonchev–Trinajstić information content (AvgIpc) is 3.22. The van der Waals surface area contributed by atoms with Crippen LogP contribution in [0.4, 0.5) is 0 Å². The summed E-state index contributed by atoms with van der Waals surface area (Å²) in [6.07, 6.45) is 5.05. The van der Waals surface area contributed by atoms with Crippen molar-refractivity contribution in [3.05, 3.63) is 69.2 Å². The normalized spacial score (nSPS) is 15.0. The SMILES string of the molecule is CC[C@H](C(=O)NC1CCCC1)N(Cc1ccc(Cl)cc1Cl)C(=O)Cc1cccc(C)c1. The van der Waals surface area contributed by atoms with Crippen molar-refractivity contribution in [2.75, 3.05) is 0 Å². The lowest BCUT2D eigenvalue weighted by molar-refractivity contribution is -0.141. The van der Waals surface area contributed by atoms with Crippen LogP contribution in [-0.4, -0.2) is 28.8 Å². The van der Waals surface area contributed by atoms with Crippen molar-refractivity contribution in [1.82, 2.24) is 10.2 Å². The second-order valence-corrected chi connectivity index (χ2v) is 9.18. The van der Waals surface area contributed by atoms with Crippen molar-refractivity contribution < 1.29 is 9.59 Å². The van der Waals surface area contributed by atoms with Crippen LogP contribution in [0.1, 0.15) is 55.7 Å². The van der Waals surface area contributed by atoms with E-state index < -0.39 is 6.04 Å². The maximum absolute atomic E-state index is 13.4. The zero-order chi connectivity index (χ0) is 22.4. The molecule has 1 saturated carbocycles. The Morgan fingerprint density at radius 1 is 1.13 bits per heavy atom. The highest BCUT2D eigenvalue weighted by molar-refractivity contribution is 6.35. The highest BCUT2D eigenvalue weighted by atomic mass is 35.5. The Morgan fingerprint density at radius 2 is 1.87 bits per heavy atom.